The summed E-state index contributed by atoms with van der Waals surface area (Å²) in [6, 6.07) is 7.22. The van der Waals surface area contributed by atoms with Crippen molar-refractivity contribution in [1.29, 1.82) is 5.26 Å². The summed E-state index contributed by atoms with van der Waals surface area (Å²) in [5.41, 5.74) is 1.90. The molecule has 5 nitrogen and oxygen atoms in total. The van der Waals surface area contributed by atoms with Crippen LogP contribution in [-0.4, -0.2) is 35.3 Å². The molecule has 2 aliphatic rings. The second kappa shape index (κ2) is 8.64. The minimum absolute atomic E-state index is 0.132. The van der Waals surface area contributed by atoms with Crippen LogP contribution in [0.1, 0.15) is 57.1 Å². The molecule has 2 heterocycles. The number of ketones is 1. The monoisotopic (exact) mass is 382 g/mol. The summed E-state index contributed by atoms with van der Waals surface area (Å²) in [6.45, 7) is 7.61. The fraction of sp³-hybridized carbons (Fsp3) is 0.545. The van der Waals surface area contributed by atoms with Crippen LogP contribution in [-0.2, 0) is 11.2 Å². The molecule has 2 unspecified atom stereocenters. The average molecular weight is 382 g/mol. The fourth-order valence-electron chi connectivity index (χ4n) is 4.05. The quantitative estimate of drug-likeness (QED) is 0.770. The van der Waals surface area contributed by atoms with Gasteiger partial charge in [-0.05, 0) is 35.4 Å². The Balaban J connectivity index is 1.55. The minimum atomic E-state index is -0.228. The SMILES string of the molecule is CC1CC(C#N)=NN=C1N1CCC(CC(=O)Cc2ccc(C(C)C)c(F)c2)C1. The van der Waals surface area contributed by atoms with Crippen LogP contribution in [0.2, 0.25) is 0 Å². The number of rotatable bonds is 5. The van der Waals surface area contributed by atoms with E-state index in [4.69, 9.17) is 5.26 Å². The first-order valence-electron chi connectivity index (χ1n) is 9.96. The first-order chi connectivity index (χ1) is 13.4. The number of hydrogen-bond donors (Lipinski definition) is 0. The summed E-state index contributed by atoms with van der Waals surface area (Å²) in [5.74, 6) is 1.42. The van der Waals surface area contributed by atoms with Crippen molar-refractivity contribution in [3.05, 3.63) is 35.1 Å². The summed E-state index contributed by atoms with van der Waals surface area (Å²) in [7, 11) is 0. The molecule has 0 aliphatic carbocycles. The van der Waals surface area contributed by atoms with Crippen LogP contribution >= 0.6 is 0 Å². The van der Waals surface area contributed by atoms with Crippen LogP contribution in [0.3, 0.4) is 0 Å². The predicted molar refractivity (Wildman–Crippen MR) is 108 cm³/mol. The highest BCUT2D eigenvalue weighted by Crippen LogP contribution is 2.26. The Morgan fingerprint density at radius 3 is 2.82 bits per heavy atom. The molecule has 0 spiro atoms. The predicted octanol–water partition coefficient (Wildman–Crippen LogP) is 4.09. The minimum Gasteiger partial charge on any atom is -0.358 e. The Kier molecular flexibility index (Phi) is 6.23. The van der Waals surface area contributed by atoms with Gasteiger partial charge in [0.15, 0.2) is 0 Å². The van der Waals surface area contributed by atoms with Gasteiger partial charge < -0.3 is 4.90 Å². The van der Waals surface area contributed by atoms with Crippen molar-refractivity contribution in [3.8, 4) is 6.07 Å². The molecule has 0 radical (unpaired) electrons. The number of hydrogen-bond acceptors (Lipinski definition) is 5. The smallest absolute Gasteiger partial charge is 0.141 e. The van der Waals surface area contributed by atoms with E-state index in [1.54, 1.807) is 6.07 Å². The Morgan fingerprint density at radius 1 is 1.39 bits per heavy atom. The summed E-state index contributed by atoms with van der Waals surface area (Å²) in [5, 5.41) is 17.2. The van der Waals surface area contributed by atoms with Crippen LogP contribution in [0.15, 0.2) is 28.4 Å². The van der Waals surface area contributed by atoms with E-state index in [0.717, 1.165) is 30.9 Å². The second-order valence-corrected chi connectivity index (χ2v) is 8.25. The number of carbonyl (C=O) groups is 1. The molecule has 1 fully saturated rings. The Bertz CT molecular complexity index is 853. The van der Waals surface area contributed by atoms with E-state index in [1.165, 1.54) is 6.07 Å². The van der Waals surface area contributed by atoms with E-state index in [0.29, 0.717) is 24.1 Å². The molecule has 0 aromatic heterocycles. The average Bonchev–Trinajstić information content (AvgIpc) is 3.09. The van der Waals surface area contributed by atoms with Gasteiger partial charge in [-0.1, -0.05) is 32.9 Å². The van der Waals surface area contributed by atoms with Crippen LogP contribution in [0.5, 0.6) is 0 Å². The van der Waals surface area contributed by atoms with Crippen LogP contribution in [0, 0.1) is 29.0 Å². The zero-order chi connectivity index (χ0) is 20.3. The van der Waals surface area contributed by atoms with Gasteiger partial charge in [0.1, 0.15) is 29.2 Å². The van der Waals surface area contributed by atoms with Crippen molar-refractivity contribution in [2.75, 3.05) is 13.1 Å². The molecule has 148 valence electrons. The summed E-state index contributed by atoms with van der Waals surface area (Å²) in [6.07, 6.45) is 2.33. The maximum absolute atomic E-state index is 14.1. The third kappa shape index (κ3) is 4.64. The maximum atomic E-state index is 14.1. The lowest BCUT2D eigenvalue weighted by Gasteiger charge is -2.26. The van der Waals surface area contributed by atoms with E-state index in [-0.39, 0.29) is 35.8 Å². The van der Waals surface area contributed by atoms with E-state index in [2.05, 4.69) is 28.1 Å². The number of Topliss-reactive ketones (excluding diaryl/α,β-unsaturated/α-hetero) is 1. The molecular formula is C22H27FN4O. The Hall–Kier alpha value is -2.55. The van der Waals surface area contributed by atoms with Gasteiger partial charge in [-0.2, -0.15) is 5.26 Å². The molecule has 2 aliphatic heterocycles. The van der Waals surface area contributed by atoms with Gasteiger partial charge in [-0.25, -0.2) is 4.39 Å². The second-order valence-electron chi connectivity index (χ2n) is 8.25. The molecule has 28 heavy (non-hydrogen) atoms. The molecule has 0 bridgehead atoms. The zero-order valence-electron chi connectivity index (χ0n) is 16.8. The number of carbonyl (C=O) groups excluding carboxylic acids is 1. The first kappa shape index (κ1) is 20.2. The summed E-state index contributed by atoms with van der Waals surface area (Å²) in [4.78, 5) is 14.7. The topological polar surface area (TPSA) is 68.8 Å². The number of benzene rings is 1. The molecule has 1 aromatic rings. The van der Waals surface area contributed by atoms with Gasteiger partial charge >= 0.3 is 0 Å². The van der Waals surface area contributed by atoms with E-state index in [9.17, 15) is 9.18 Å². The van der Waals surface area contributed by atoms with E-state index < -0.39 is 0 Å². The van der Waals surface area contributed by atoms with Crippen molar-refractivity contribution in [3.63, 3.8) is 0 Å². The van der Waals surface area contributed by atoms with Gasteiger partial charge in [0.2, 0.25) is 0 Å². The highest BCUT2D eigenvalue weighted by atomic mass is 19.1. The van der Waals surface area contributed by atoms with Gasteiger partial charge in [-0.15, -0.1) is 10.2 Å². The molecule has 0 N–H and O–H groups in total. The summed E-state index contributed by atoms with van der Waals surface area (Å²) < 4.78 is 14.1. The van der Waals surface area contributed by atoms with E-state index in [1.807, 2.05) is 19.9 Å². The van der Waals surface area contributed by atoms with Crippen molar-refractivity contribution in [1.82, 2.24) is 4.90 Å². The lowest BCUT2D eigenvalue weighted by Crippen LogP contribution is -2.36. The van der Waals surface area contributed by atoms with Crippen LogP contribution in [0.25, 0.3) is 0 Å². The van der Waals surface area contributed by atoms with Crippen LogP contribution in [0.4, 0.5) is 4.39 Å². The fourth-order valence-corrected chi connectivity index (χ4v) is 4.05. The Morgan fingerprint density at radius 2 is 2.18 bits per heavy atom. The first-order valence-corrected chi connectivity index (χ1v) is 9.96. The third-order valence-corrected chi connectivity index (χ3v) is 5.56. The molecule has 1 saturated heterocycles. The Labute approximate surface area is 165 Å². The van der Waals surface area contributed by atoms with Gasteiger partial charge in [0.05, 0.1) is 0 Å². The molecule has 0 saturated carbocycles. The van der Waals surface area contributed by atoms with Crippen molar-refractivity contribution < 1.29 is 9.18 Å². The van der Waals surface area contributed by atoms with E-state index >= 15 is 0 Å². The largest absolute Gasteiger partial charge is 0.358 e. The van der Waals surface area contributed by atoms with Crippen LogP contribution < -0.4 is 0 Å². The van der Waals surface area contributed by atoms with Gasteiger partial charge in [0.25, 0.3) is 0 Å². The molecule has 2 atom stereocenters. The van der Waals surface area contributed by atoms with Gasteiger partial charge in [-0.3, -0.25) is 4.79 Å². The normalized spacial score (nSPS) is 22.1. The van der Waals surface area contributed by atoms with Crippen molar-refractivity contribution in [2.45, 2.75) is 52.4 Å². The molecule has 3 rings (SSSR count). The summed E-state index contributed by atoms with van der Waals surface area (Å²) >= 11 is 0. The molecular weight excluding hydrogens is 355 g/mol. The highest BCUT2D eigenvalue weighted by Gasteiger charge is 2.30. The van der Waals surface area contributed by atoms with Gasteiger partial charge in [0, 0.05) is 38.3 Å². The standard InChI is InChI=1S/C22H27FN4O/c1-14(2)20-5-4-16(11-21(20)23)9-19(28)10-17-6-7-27(13-17)22-15(3)8-18(12-24)25-26-22/h4-5,11,14-15,17H,6-10,13H2,1-3H3. The number of nitriles is 1. The third-order valence-electron chi connectivity index (χ3n) is 5.56. The number of amidine groups is 1. The van der Waals surface area contributed by atoms with Crippen molar-refractivity contribution in [2.24, 2.45) is 22.0 Å². The maximum Gasteiger partial charge on any atom is 0.141 e. The molecule has 0 amide bonds. The number of likely N-dealkylation sites (tertiary alicyclic amines) is 1. The molecule has 6 heteroatoms. The van der Waals surface area contributed by atoms with Crippen molar-refractivity contribution >= 4 is 17.3 Å². The molecule has 1 aromatic carbocycles. The zero-order valence-corrected chi connectivity index (χ0v) is 16.8. The number of nitrogens with zero attached hydrogens (tertiary/aromatic N) is 4. The lowest BCUT2D eigenvalue weighted by molar-refractivity contribution is -0.119. The highest BCUT2D eigenvalue weighted by molar-refractivity contribution is 6.03. The number of halogens is 1. The lowest BCUT2D eigenvalue weighted by atomic mass is 9.95.